The molecule has 1 heterocycles. The first-order chi connectivity index (χ1) is 14.0. The number of carboxylic acids is 1. The molecule has 0 atom stereocenters. The number of quaternary nitrogens is 1. The molecule has 0 saturated carbocycles. The molecule has 31 heavy (non-hydrogen) atoms. The molecule has 0 aromatic heterocycles. The Morgan fingerprint density at radius 3 is 2.29 bits per heavy atom. The van der Waals surface area contributed by atoms with Crippen LogP contribution in [0.1, 0.15) is 40.7 Å². The molecule has 0 bridgehead atoms. The van der Waals surface area contributed by atoms with E-state index in [4.69, 9.17) is 0 Å². The van der Waals surface area contributed by atoms with Crippen LogP contribution in [0, 0.1) is 6.92 Å². The monoisotopic (exact) mass is 459 g/mol. The predicted octanol–water partition coefficient (Wildman–Crippen LogP) is 3.54. The van der Waals surface area contributed by atoms with Crippen LogP contribution in [0.2, 0.25) is 0 Å². The molecule has 1 saturated heterocycles. The zero-order valence-electron chi connectivity index (χ0n) is 17.1. The summed E-state index contributed by atoms with van der Waals surface area (Å²) in [6, 6.07) is 6.38. The molecule has 1 aliphatic rings. The van der Waals surface area contributed by atoms with Gasteiger partial charge in [0, 0.05) is 13.1 Å². The Kier molecular flexibility index (Phi) is 7.22. The molecule has 1 fully saturated rings. The zero-order chi connectivity index (χ0) is 22.1. The number of aromatic carboxylic acids is 1. The lowest BCUT2D eigenvalue weighted by atomic mass is 10.1. The fourth-order valence-corrected chi connectivity index (χ4v) is 4.76. The molecule has 170 valence electrons. The first-order valence-electron chi connectivity index (χ1n) is 9.30. The van der Waals surface area contributed by atoms with Crippen molar-refractivity contribution < 1.29 is 31.5 Å². The van der Waals surface area contributed by atoms with Gasteiger partial charge in [0.15, 0.2) is 0 Å². The summed E-state index contributed by atoms with van der Waals surface area (Å²) in [6.45, 7) is 2.66. The molecule has 7 nitrogen and oxygen atoms in total. The molecule has 0 radical (unpaired) electrons. The summed E-state index contributed by atoms with van der Waals surface area (Å²) in [5.41, 5.74) is -0.939. The number of benzene rings is 2. The minimum Gasteiger partial charge on any atom is -0.545 e. The van der Waals surface area contributed by atoms with E-state index in [-0.39, 0.29) is 27.9 Å². The summed E-state index contributed by atoms with van der Waals surface area (Å²) in [7, 11) is -4.36. The van der Waals surface area contributed by atoms with E-state index in [0.29, 0.717) is 18.8 Å². The number of carbonyl (C=O) groups is 1. The SMILES string of the molecule is Cc1ccc(C(=O)[O-])cc1S(=O)(=O)Nc1cc(C(F)(F)F)ccc1N1CCCCC1.[NH4+]. The molecule has 1 aliphatic heterocycles. The highest BCUT2D eigenvalue weighted by atomic mass is 32.2. The Balaban J connectivity index is 0.00000341. The van der Waals surface area contributed by atoms with Gasteiger partial charge in [-0.05, 0) is 61.6 Å². The van der Waals surface area contributed by atoms with Crippen LogP contribution in [0.25, 0.3) is 0 Å². The maximum Gasteiger partial charge on any atom is 0.416 e. The van der Waals surface area contributed by atoms with E-state index in [1.54, 1.807) is 0 Å². The summed E-state index contributed by atoms with van der Waals surface area (Å²) in [4.78, 5) is 12.6. The maximum atomic E-state index is 13.2. The fourth-order valence-electron chi connectivity index (χ4n) is 3.42. The molecule has 5 N–H and O–H groups in total. The lowest BCUT2D eigenvalue weighted by molar-refractivity contribution is -0.255. The number of halogens is 3. The third-order valence-electron chi connectivity index (χ3n) is 4.98. The Morgan fingerprint density at radius 2 is 1.71 bits per heavy atom. The number of nitrogens with one attached hydrogen (secondary N) is 1. The van der Waals surface area contributed by atoms with Crippen LogP contribution in [0.4, 0.5) is 24.5 Å². The molecular weight excluding hydrogens is 435 g/mol. The third kappa shape index (κ3) is 5.47. The number of aryl methyl sites for hydroxylation is 1. The smallest absolute Gasteiger partial charge is 0.416 e. The first kappa shape index (κ1) is 24.5. The third-order valence-corrected chi connectivity index (χ3v) is 6.49. The van der Waals surface area contributed by atoms with Crippen LogP contribution >= 0.6 is 0 Å². The fraction of sp³-hybridized carbons (Fsp3) is 0.350. The number of nitrogens with zero attached hydrogens (tertiary/aromatic N) is 1. The molecule has 3 rings (SSSR count). The lowest BCUT2D eigenvalue weighted by Gasteiger charge is -2.31. The quantitative estimate of drug-likeness (QED) is 0.707. The number of rotatable bonds is 5. The summed E-state index contributed by atoms with van der Waals surface area (Å²) >= 11 is 0. The summed E-state index contributed by atoms with van der Waals surface area (Å²) < 4.78 is 67.9. The Hall–Kier alpha value is -2.79. The van der Waals surface area contributed by atoms with Gasteiger partial charge < -0.3 is 21.0 Å². The summed E-state index contributed by atoms with van der Waals surface area (Å²) in [5, 5.41) is 11.1. The van der Waals surface area contributed by atoms with Crippen molar-refractivity contribution in [3.63, 3.8) is 0 Å². The van der Waals surface area contributed by atoms with Crippen molar-refractivity contribution in [2.24, 2.45) is 0 Å². The van der Waals surface area contributed by atoms with Gasteiger partial charge in [0.05, 0.1) is 27.8 Å². The van der Waals surface area contributed by atoms with Gasteiger partial charge in [-0.2, -0.15) is 13.2 Å². The van der Waals surface area contributed by atoms with Crippen molar-refractivity contribution in [2.45, 2.75) is 37.3 Å². The molecule has 0 amide bonds. The number of piperidine rings is 1. The van der Waals surface area contributed by atoms with E-state index in [2.05, 4.69) is 4.72 Å². The molecule has 0 unspecified atom stereocenters. The maximum absolute atomic E-state index is 13.2. The van der Waals surface area contributed by atoms with E-state index in [1.165, 1.54) is 25.1 Å². The number of anilines is 2. The molecule has 0 aliphatic carbocycles. The topological polar surface area (TPSA) is 126 Å². The second kappa shape index (κ2) is 9.15. The standard InChI is InChI=1S/C20H21F3N2O4S.H3N/c1-13-5-6-14(19(26)27)11-18(13)30(28,29)24-16-12-15(20(21,22)23)7-8-17(16)25-9-3-2-4-10-25;/h5-8,11-12,24H,2-4,9-10H2,1H3,(H,26,27);1H3. The molecule has 0 spiro atoms. The van der Waals surface area contributed by atoms with Crippen molar-refractivity contribution in [3.8, 4) is 0 Å². The van der Waals surface area contributed by atoms with Crippen LogP contribution in [-0.2, 0) is 16.2 Å². The highest BCUT2D eigenvalue weighted by Gasteiger charge is 2.32. The van der Waals surface area contributed by atoms with Crippen molar-refractivity contribution in [1.29, 1.82) is 0 Å². The van der Waals surface area contributed by atoms with Crippen molar-refractivity contribution in [1.82, 2.24) is 6.15 Å². The van der Waals surface area contributed by atoms with E-state index in [0.717, 1.165) is 37.5 Å². The largest absolute Gasteiger partial charge is 0.545 e. The van der Waals surface area contributed by atoms with E-state index >= 15 is 0 Å². The van der Waals surface area contributed by atoms with Gasteiger partial charge in [-0.15, -0.1) is 0 Å². The van der Waals surface area contributed by atoms with Crippen LogP contribution in [-0.4, -0.2) is 27.5 Å². The van der Waals surface area contributed by atoms with Gasteiger partial charge in [0.2, 0.25) is 0 Å². The predicted molar refractivity (Wildman–Crippen MR) is 110 cm³/mol. The summed E-state index contributed by atoms with van der Waals surface area (Å²) in [6.07, 6.45) is -1.96. The minimum absolute atomic E-state index is 0. The van der Waals surface area contributed by atoms with Crippen LogP contribution in [0.15, 0.2) is 41.3 Å². The van der Waals surface area contributed by atoms with Gasteiger partial charge in [-0.1, -0.05) is 12.1 Å². The van der Waals surface area contributed by atoms with Gasteiger partial charge in [-0.3, -0.25) is 4.72 Å². The molecule has 2 aromatic rings. The second-order valence-corrected chi connectivity index (χ2v) is 8.80. The normalized spacial score (nSPS) is 14.6. The Bertz CT molecular complexity index is 1070. The highest BCUT2D eigenvalue weighted by Crippen LogP contribution is 2.37. The average Bonchev–Trinajstić information content (AvgIpc) is 2.67. The Labute approximate surface area is 178 Å². The van der Waals surface area contributed by atoms with Crippen LogP contribution in [0.5, 0.6) is 0 Å². The van der Waals surface area contributed by atoms with Crippen LogP contribution < -0.4 is 20.9 Å². The minimum atomic E-state index is -4.65. The van der Waals surface area contributed by atoms with Crippen molar-refractivity contribution >= 4 is 27.4 Å². The molecule has 11 heteroatoms. The first-order valence-corrected chi connectivity index (χ1v) is 10.8. The lowest BCUT2D eigenvalue weighted by Crippen LogP contribution is -2.30. The number of hydrogen-bond acceptors (Lipinski definition) is 5. The number of carbonyl (C=O) groups excluding carboxylic acids is 1. The highest BCUT2D eigenvalue weighted by molar-refractivity contribution is 7.92. The second-order valence-electron chi connectivity index (χ2n) is 7.15. The molecule has 2 aromatic carbocycles. The van der Waals surface area contributed by atoms with Crippen LogP contribution in [0.3, 0.4) is 0 Å². The van der Waals surface area contributed by atoms with E-state index in [1.807, 2.05) is 4.90 Å². The van der Waals surface area contributed by atoms with Gasteiger partial charge >= 0.3 is 6.18 Å². The van der Waals surface area contributed by atoms with Crippen molar-refractivity contribution in [3.05, 3.63) is 53.1 Å². The number of hydrogen-bond donors (Lipinski definition) is 2. The van der Waals surface area contributed by atoms with E-state index < -0.39 is 27.7 Å². The number of carboxylic acid groups (broad SMARTS) is 1. The number of alkyl halides is 3. The zero-order valence-corrected chi connectivity index (χ0v) is 17.9. The average molecular weight is 459 g/mol. The summed E-state index contributed by atoms with van der Waals surface area (Å²) in [5.74, 6) is -1.56. The van der Waals surface area contributed by atoms with Crippen molar-refractivity contribution in [2.75, 3.05) is 22.7 Å². The van der Waals surface area contributed by atoms with Gasteiger partial charge in [0.1, 0.15) is 0 Å². The van der Waals surface area contributed by atoms with Gasteiger partial charge in [-0.25, -0.2) is 8.42 Å². The van der Waals surface area contributed by atoms with E-state index in [9.17, 15) is 31.5 Å². The Morgan fingerprint density at radius 1 is 1.06 bits per heavy atom. The molecular formula is C20H24F3N3O4S. The van der Waals surface area contributed by atoms with Gasteiger partial charge in [0.25, 0.3) is 10.0 Å². The number of sulfonamides is 1.